The summed E-state index contributed by atoms with van der Waals surface area (Å²) in [6.45, 7) is 2.29. The van der Waals surface area contributed by atoms with Crippen LogP contribution in [-0.2, 0) is 16.6 Å². The largest absolute Gasteiger partial charge is 0.447 e. The molecule has 108 valence electrons. The van der Waals surface area contributed by atoms with Crippen LogP contribution >= 0.6 is 0 Å². The van der Waals surface area contributed by atoms with Crippen LogP contribution in [-0.4, -0.2) is 15.5 Å². The molecule has 0 aliphatic heterocycles. The summed E-state index contributed by atoms with van der Waals surface area (Å²) in [6, 6.07) is 12.2. The first-order valence-electron chi connectivity index (χ1n) is 6.33. The van der Waals surface area contributed by atoms with E-state index < -0.39 is 10.0 Å². The number of nitrogens with one attached hydrogen (secondary N) is 2. The van der Waals surface area contributed by atoms with Gasteiger partial charge in [0.2, 0.25) is 5.09 Å². The second kappa shape index (κ2) is 6.21. The smallest absolute Gasteiger partial charge is 0.274 e. The van der Waals surface area contributed by atoms with Crippen molar-refractivity contribution in [1.29, 1.82) is 0 Å². The van der Waals surface area contributed by atoms with Crippen LogP contribution in [0.5, 0.6) is 0 Å². The Bertz CT molecular complexity index is 650. The first kappa shape index (κ1) is 14.8. The molecular weight excluding hydrogens is 276 g/mol. The summed E-state index contributed by atoms with van der Waals surface area (Å²) in [5.41, 5.74) is 0.901. The van der Waals surface area contributed by atoms with Crippen LogP contribution in [0.3, 0.4) is 0 Å². The molecule has 20 heavy (non-hydrogen) atoms. The summed E-state index contributed by atoms with van der Waals surface area (Å²) in [6.07, 6.45) is 0. The lowest BCUT2D eigenvalue weighted by atomic mass is 10.1. The molecule has 2 N–H and O–H groups in total. The molecule has 0 aliphatic carbocycles. The molecule has 2 rings (SSSR count). The molecule has 0 bridgehead atoms. The zero-order valence-corrected chi connectivity index (χ0v) is 12.3. The van der Waals surface area contributed by atoms with E-state index in [0.29, 0.717) is 12.3 Å². The first-order valence-corrected chi connectivity index (χ1v) is 7.82. The van der Waals surface area contributed by atoms with Gasteiger partial charge in [0, 0.05) is 6.04 Å². The van der Waals surface area contributed by atoms with Gasteiger partial charge >= 0.3 is 0 Å². The SMILES string of the molecule is CNCc1ccc(S(=O)(=O)NC(C)c2ccccc2)o1. The Morgan fingerprint density at radius 2 is 1.85 bits per heavy atom. The van der Waals surface area contributed by atoms with E-state index in [9.17, 15) is 8.42 Å². The lowest BCUT2D eigenvalue weighted by Gasteiger charge is -2.13. The minimum absolute atomic E-state index is 0.0643. The normalized spacial score (nSPS) is 13.3. The Morgan fingerprint density at radius 1 is 1.15 bits per heavy atom. The highest BCUT2D eigenvalue weighted by Gasteiger charge is 2.21. The van der Waals surface area contributed by atoms with E-state index in [-0.39, 0.29) is 11.1 Å². The Hall–Kier alpha value is -1.63. The number of hydrogen-bond acceptors (Lipinski definition) is 4. The third-order valence-corrected chi connectivity index (χ3v) is 4.30. The molecule has 0 spiro atoms. The molecule has 0 aliphatic rings. The van der Waals surface area contributed by atoms with E-state index >= 15 is 0 Å². The second-order valence-corrected chi connectivity index (χ2v) is 6.15. The zero-order chi connectivity index (χ0) is 14.6. The fourth-order valence-corrected chi connectivity index (χ4v) is 3.05. The van der Waals surface area contributed by atoms with E-state index in [1.165, 1.54) is 6.07 Å². The van der Waals surface area contributed by atoms with Gasteiger partial charge < -0.3 is 9.73 Å². The topological polar surface area (TPSA) is 71.3 Å². The monoisotopic (exact) mass is 294 g/mol. The van der Waals surface area contributed by atoms with Crippen molar-refractivity contribution < 1.29 is 12.8 Å². The molecule has 0 fully saturated rings. The maximum atomic E-state index is 12.2. The van der Waals surface area contributed by atoms with Gasteiger partial charge in [-0.25, -0.2) is 13.1 Å². The van der Waals surface area contributed by atoms with Crippen LogP contribution in [0.2, 0.25) is 0 Å². The highest BCUT2D eigenvalue weighted by molar-refractivity contribution is 7.89. The minimum Gasteiger partial charge on any atom is -0.447 e. The van der Waals surface area contributed by atoms with Crippen LogP contribution in [0, 0.1) is 0 Å². The van der Waals surface area contributed by atoms with Gasteiger partial charge in [-0.05, 0) is 31.7 Å². The fourth-order valence-electron chi connectivity index (χ4n) is 1.87. The van der Waals surface area contributed by atoms with E-state index in [4.69, 9.17) is 4.42 Å². The van der Waals surface area contributed by atoms with E-state index in [1.54, 1.807) is 20.0 Å². The first-order chi connectivity index (χ1) is 9.53. The van der Waals surface area contributed by atoms with E-state index in [2.05, 4.69) is 10.0 Å². The second-order valence-electron chi connectivity index (χ2n) is 4.50. The van der Waals surface area contributed by atoms with E-state index in [1.807, 2.05) is 30.3 Å². The average Bonchev–Trinajstić information content (AvgIpc) is 2.89. The Balaban J connectivity index is 2.14. The summed E-state index contributed by atoms with van der Waals surface area (Å²) in [5, 5.41) is 2.84. The van der Waals surface area contributed by atoms with Crippen LogP contribution in [0.1, 0.15) is 24.3 Å². The summed E-state index contributed by atoms with van der Waals surface area (Å²) in [4.78, 5) is 0. The molecule has 0 saturated carbocycles. The third kappa shape index (κ3) is 3.47. The van der Waals surface area contributed by atoms with Gasteiger partial charge in [-0.3, -0.25) is 0 Å². The summed E-state index contributed by atoms with van der Waals surface area (Å²) in [5.74, 6) is 0.584. The van der Waals surface area contributed by atoms with Crippen molar-refractivity contribution in [2.45, 2.75) is 24.6 Å². The highest BCUT2D eigenvalue weighted by Crippen LogP contribution is 2.18. The quantitative estimate of drug-likeness (QED) is 0.855. The molecule has 0 amide bonds. The number of rotatable bonds is 6. The average molecular weight is 294 g/mol. The zero-order valence-electron chi connectivity index (χ0n) is 11.5. The van der Waals surface area contributed by atoms with Gasteiger partial charge in [0.15, 0.2) is 0 Å². The Morgan fingerprint density at radius 3 is 2.50 bits per heavy atom. The van der Waals surface area contributed by atoms with Crippen LogP contribution in [0.25, 0.3) is 0 Å². The van der Waals surface area contributed by atoms with Gasteiger partial charge in [-0.15, -0.1) is 0 Å². The van der Waals surface area contributed by atoms with Gasteiger partial charge in [0.25, 0.3) is 10.0 Å². The standard InChI is InChI=1S/C14H18N2O3S/c1-11(12-6-4-3-5-7-12)16-20(17,18)14-9-8-13(19-14)10-15-2/h3-9,11,15-16H,10H2,1-2H3. The van der Waals surface area contributed by atoms with Gasteiger partial charge in [0.1, 0.15) is 5.76 Å². The lowest BCUT2D eigenvalue weighted by Crippen LogP contribution is -2.26. The van der Waals surface area contributed by atoms with Crippen LogP contribution in [0.4, 0.5) is 0 Å². The Kier molecular flexibility index (Phi) is 4.59. The molecule has 0 radical (unpaired) electrons. The highest BCUT2D eigenvalue weighted by atomic mass is 32.2. The maximum absolute atomic E-state index is 12.2. The number of furan rings is 1. The number of benzene rings is 1. The summed E-state index contributed by atoms with van der Waals surface area (Å²) < 4.78 is 32.3. The van der Waals surface area contributed by atoms with Crippen molar-refractivity contribution in [3.8, 4) is 0 Å². The number of hydrogen-bond donors (Lipinski definition) is 2. The van der Waals surface area contributed by atoms with Crippen molar-refractivity contribution in [3.63, 3.8) is 0 Å². The van der Waals surface area contributed by atoms with Gasteiger partial charge in [-0.1, -0.05) is 30.3 Å². The molecule has 1 aromatic heterocycles. The molecule has 2 aromatic rings. The molecule has 1 aromatic carbocycles. The van der Waals surface area contributed by atoms with Crippen molar-refractivity contribution in [3.05, 3.63) is 53.8 Å². The Labute approximate surface area is 119 Å². The molecule has 5 nitrogen and oxygen atoms in total. The predicted molar refractivity (Wildman–Crippen MR) is 76.7 cm³/mol. The molecular formula is C14H18N2O3S. The fraction of sp³-hybridized carbons (Fsp3) is 0.286. The summed E-state index contributed by atoms with van der Waals surface area (Å²) >= 11 is 0. The number of sulfonamides is 1. The van der Waals surface area contributed by atoms with Crippen molar-refractivity contribution in [2.75, 3.05) is 7.05 Å². The maximum Gasteiger partial charge on any atom is 0.274 e. The van der Waals surface area contributed by atoms with Crippen LogP contribution in [0.15, 0.2) is 52.0 Å². The molecule has 1 atom stereocenters. The van der Waals surface area contributed by atoms with Crippen LogP contribution < -0.4 is 10.0 Å². The third-order valence-electron chi connectivity index (χ3n) is 2.88. The predicted octanol–water partition coefficient (Wildman–Crippen LogP) is 2.04. The van der Waals surface area contributed by atoms with Crippen molar-refractivity contribution >= 4 is 10.0 Å². The van der Waals surface area contributed by atoms with Gasteiger partial charge in [0.05, 0.1) is 6.54 Å². The van der Waals surface area contributed by atoms with E-state index in [0.717, 1.165) is 5.56 Å². The molecule has 6 heteroatoms. The van der Waals surface area contributed by atoms with Crippen molar-refractivity contribution in [1.82, 2.24) is 10.0 Å². The summed E-state index contributed by atoms with van der Waals surface area (Å²) in [7, 11) is -1.88. The van der Waals surface area contributed by atoms with Gasteiger partial charge in [-0.2, -0.15) is 0 Å². The molecule has 1 heterocycles. The molecule has 1 unspecified atom stereocenters. The van der Waals surface area contributed by atoms with Crippen molar-refractivity contribution in [2.24, 2.45) is 0 Å². The lowest BCUT2D eigenvalue weighted by molar-refractivity contribution is 0.403. The molecule has 0 saturated heterocycles. The minimum atomic E-state index is -3.65.